The summed E-state index contributed by atoms with van der Waals surface area (Å²) >= 11 is 0. The van der Waals surface area contributed by atoms with E-state index in [2.05, 4.69) is 9.82 Å². The number of likely N-dealkylation sites (tertiary alicyclic amines) is 1. The van der Waals surface area contributed by atoms with E-state index in [0.717, 1.165) is 19.3 Å². The molecule has 1 fully saturated rings. The fraction of sp³-hybridized carbons (Fsp3) is 0.692. The lowest BCUT2D eigenvalue weighted by atomic mass is 10.0. The molecule has 124 valence electrons. The van der Waals surface area contributed by atoms with E-state index >= 15 is 0 Å². The third-order valence-corrected chi connectivity index (χ3v) is 5.37. The Morgan fingerprint density at radius 3 is 2.86 bits per heavy atom. The molecule has 0 aliphatic carbocycles. The Kier molecular flexibility index (Phi) is 5.20. The summed E-state index contributed by atoms with van der Waals surface area (Å²) in [7, 11) is -2.13. The third kappa shape index (κ3) is 3.65. The fourth-order valence-electron chi connectivity index (χ4n) is 2.67. The number of nitrogens with one attached hydrogen (secondary N) is 1. The average Bonchev–Trinajstić information content (AvgIpc) is 2.93. The van der Waals surface area contributed by atoms with Crippen LogP contribution in [0.15, 0.2) is 17.3 Å². The van der Waals surface area contributed by atoms with Gasteiger partial charge in [-0.1, -0.05) is 0 Å². The van der Waals surface area contributed by atoms with Crippen molar-refractivity contribution in [2.45, 2.75) is 43.2 Å². The summed E-state index contributed by atoms with van der Waals surface area (Å²) in [5.74, 6) is -0.234. The molecule has 8 nitrogen and oxygen atoms in total. The Balaban J connectivity index is 2.07. The van der Waals surface area contributed by atoms with Crippen molar-refractivity contribution >= 4 is 15.9 Å². The number of nitrogens with zero attached hydrogens (tertiary/aromatic N) is 3. The molecule has 0 spiro atoms. The van der Waals surface area contributed by atoms with Gasteiger partial charge in [-0.25, -0.2) is 8.42 Å². The molecular weight excluding hydrogens is 306 g/mol. The van der Waals surface area contributed by atoms with Crippen molar-refractivity contribution in [3.8, 4) is 0 Å². The van der Waals surface area contributed by atoms with Gasteiger partial charge in [-0.05, 0) is 26.2 Å². The average molecular weight is 329 g/mol. The number of carbonyl (C=O) groups excluding carboxylic acids is 1. The highest BCUT2D eigenvalue weighted by atomic mass is 32.2. The van der Waals surface area contributed by atoms with Crippen LogP contribution in [0, 0.1) is 0 Å². The van der Waals surface area contributed by atoms with E-state index in [1.165, 1.54) is 17.1 Å². The van der Waals surface area contributed by atoms with Crippen LogP contribution in [0.2, 0.25) is 0 Å². The first-order valence-electron chi connectivity index (χ1n) is 7.36. The van der Waals surface area contributed by atoms with E-state index < -0.39 is 16.1 Å². The van der Waals surface area contributed by atoms with Gasteiger partial charge in [0.15, 0.2) is 0 Å². The molecule has 3 N–H and O–H groups in total. The lowest BCUT2D eigenvalue weighted by Gasteiger charge is -2.36. The predicted molar refractivity (Wildman–Crippen MR) is 81.4 cm³/mol. The van der Waals surface area contributed by atoms with Crippen LogP contribution in [-0.4, -0.2) is 54.2 Å². The number of hydrogen-bond donors (Lipinski definition) is 2. The number of aromatic nitrogens is 2. The summed E-state index contributed by atoms with van der Waals surface area (Å²) < 4.78 is 28.3. The number of rotatable bonds is 5. The molecule has 1 aliphatic rings. The van der Waals surface area contributed by atoms with Crippen molar-refractivity contribution in [1.29, 1.82) is 0 Å². The molecule has 0 bridgehead atoms. The van der Waals surface area contributed by atoms with E-state index in [4.69, 9.17) is 5.73 Å². The zero-order valence-electron chi connectivity index (χ0n) is 12.9. The predicted octanol–water partition coefficient (Wildman–Crippen LogP) is -0.573. The highest BCUT2D eigenvalue weighted by molar-refractivity contribution is 7.89. The number of piperidine rings is 1. The van der Waals surface area contributed by atoms with Gasteiger partial charge >= 0.3 is 0 Å². The van der Waals surface area contributed by atoms with E-state index in [9.17, 15) is 13.2 Å². The Morgan fingerprint density at radius 2 is 2.27 bits per heavy atom. The molecular formula is C13H23N5O3S. The number of sulfonamides is 1. The van der Waals surface area contributed by atoms with Crippen LogP contribution in [0.4, 0.5) is 0 Å². The first-order valence-corrected chi connectivity index (χ1v) is 8.85. The van der Waals surface area contributed by atoms with E-state index in [-0.39, 0.29) is 16.8 Å². The smallest absolute Gasteiger partial charge is 0.244 e. The van der Waals surface area contributed by atoms with Crippen LogP contribution in [0.1, 0.15) is 26.2 Å². The van der Waals surface area contributed by atoms with Crippen LogP contribution in [-0.2, 0) is 21.9 Å². The third-order valence-electron chi connectivity index (χ3n) is 3.88. The summed E-state index contributed by atoms with van der Waals surface area (Å²) in [5, 5.41) is 3.84. The lowest BCUT2D eigenvalue weighted by molar-refractivity contribution is -0.136. The molecule has 0 saturated carbocycles. The summed E-state index contributed by atoms with van der Waals surface area (Å²) in [6.07, 6.45) is 5.47. The maximum absolute atomic E-state index is 12.5. The molecule has 1 saturated heterocycles. The molecule has 2 heterocycles. The number of nitrogens with two attached hydrogens (primary N) is 1. The van der Waals surface area contributed by atoms with Gasteiger partial charge < -0.3 is 10.6 Å². The first-order chi connectivity index (χ1) is 10.3. The van der Waals surface area contributed by atoms with Crippen LogP contribution in [0.3, 0.4) is 0 Å². The van der Waals surface area contributed by atoms with Crippen LogP contribution in [0.5, 0.6) is 0 Å². The quantitative estimate of drug-likeness (QED) is 0.751. The SMILES string of the molecule is CC(NS(=O)(=O)c1cnn(C)c1)C(=O)N1CCCCC1CN. The summed E-state index contributed by atoms with van der Waals surface area (Å²) in [4.78, 5) is 14.2. The highest BCUT2D eigenvalue weighted by Gasteiger charge is 2.31. The Morgan fingerprint density at radius 1 is 1.55 bits per heavy atom. The van der Waals surface area contributed by atoms with Crippen molar-refractivity contribution < 1.29 is 13.2 Å². The maximum Gasteiger partial charge on any atom is 0.244 e. The zero-order chi connectivity index (χ0) is 16.3. The van der Waals surface area contributed by atoms with Gasteiger partial charge in [-0.2, -0.15) is 9.82 Å². The molecule has 1 amide bonds. The van der Waals surface area contributed by atoms with Crippen molar-refractivity contribution in [1.82, 2.24) is 19.4 Å². The van der Waals surface area contributed by atoms with Gasteiger partial charge in [0.1, 0.15) is 4.90 Å². The number of amides is 1. The molecule has 2 unspecified atom stereocenters. The Hall–Kier alpha value is -1.45. The molecule has 9 heteroatoms. The monoisotopic (exact) mass is 329 g/mol. The molecule has 2 rings (SSSR count). The van der Waals surface area contributed by atoms with Crippen molar-refractivity contribution in [2.75, 3.05) is 13.1 Å². The minimum Gasteiger partial charge on any atom is -0.337 e. The molecule has 1 aliphatic heterocycles. The molecule has 0 radical (unpaired) electrons. The number of aryl methyl sites for hydroxylation is 1. The van der Waals surface area contributed by atoms with Crippen LogP contribution < -0.4 is 10.5 Å². The van der Waals surface area contributed by atoms with Gasteiger partial charge in [0.05, 0.1) is 12.2 Å². The van der Waals surface area contributed by atoms with Gasteiger partial charge in [-0.3, -0.25) is 9.48 Å². The van der Waals surface area contributed by atoms with Crippen LogP contribution in [0.25, 0.3) is 0 Å². The largest absolute Gasteiger partial charge is 0.337 e. The number of carbonyl (C=O) groups is 1. The molecule has 1 aromatic heterocycles. The first kappa shape index (κ1) is 16.9. The second-order valence-electron chi connectivity index (χ2n) is 5.61. The summed E-state index contributed by atoms with van der Waals surface area (Å²) in [5.41, 5.74) is 5.71. The second kappa shape index (κ2) is 6.76. The van der Waals surface area contributed by atoms with E-state index in [0.29, 0.717) is 13.1 Å². The number of hydrogen-bond acceptors (Lipinski definition) is 5. The van der Waals surface area contributed by atoms with Crippen molar-refractivity contribution in [3.05, 3.63) is 12.4 Å². The van der Waals surface area contributed by atoms with Gasteiger partial charge in [-0.15, -0.1) is 0 Å². The van der Waals surface area contributed by atoms with Crippen molar-refractivity contribution in [2.24, 2.45) is 12.8 Å². The zero-order valence-corrected chi connectivity index (χ0v) is 13.7. The van der Waals surface area contributed by atoms with E-state index in [1.54, 1.807) is 18.9 Å². The lowest BCUT2D eigenvalue weighted by Crippen LogP contribution is -2.54. The second-order valence-corrected chi connectivity index (χ2v) is 7.32. The highest BCUT2D eigenvalue weighted by Crippen LogP contribution is 2.17. The van der Waals surface area contributed by atoms with Crippen LogP contribution >= 0.6 is 0 Å². The minimum absolute atomic E-state index is 0.00778. The normalized spacial score (nSPS) is 20.9. The molecule has 0 aromatic carbocycles. The topological polar surface area (TPSA) is 110 Å². The molecule has 22 heavy (non-hydrogen) atoms. The summed E-state index contributed by atoms with van der Waals surface area (Å²) in [6.45, 7) is 2.58. The standard InChI is InChI=1S/C13H23N5O3S/c1-10(13(19)18-6-4-3-5-11(18)7-14)16-22(20,21)12-8-15-17(2)9-12/h8-11,16H,3-7,14H2,1-2H3. The molecule has 1 aromatic rings. The van der Waals surface area contributed by atoms with Crippen molar-refractivity contribution in [3.63, 3.8) is 0 Å². The van der Waals surface area contributed by atoms with Gasteiger partial charge in [0, 0.05) is 32.4 Å². The maximum atomic E-state index is 12.5. The van der Waals surface area contributed by atoms with Gasteiger partial charge in [0.2, 0.25) is 15.9 Å². The Labute approximate surface area is 130 Å². The van der Waals surface area contributed by atoms with E-state index in [1.807, 2.05) is 0 Å². The fourth-order valence-corrected chi connectivity index (χ4v) is 3.85. The minimum atomic E-state index is -3.76. The Bertz CT molecular complexity index is 627. The van der Waals surface area contributed by atoms with Gasteiger partial charge in [0.25, 0.3) is 0 Å². The summed E-state index contributed by atoms with van der Waals surface area (Å²) in [6, 6.07) is -0.844. The molecule has 2 atom stereocenters.